The van der Waals surface area contributed by atoms with Gasteiger partial charge in [0.1, 0.15) is 16.7 Å². The van der Waals surface area contributed by atoms with Crippen LogP contribution in [0.3, 0.4) is 0 Å². The van der Waals surface area contributed by atoms with E-state index in [4.69, 9.17) is 24.9 Å². The predicted octanol–water partition coefficient (Wildman–Crippen LogP) is 6.89. The molecule has 0 aliphatic heterocycles. The lowest BCUT2D eigenvalue weighted by molar-refractivity contribution is 0.996. The van der Waals surface area contributed by atoms with Crippen LogP contribution >= 0.6 is 0 Å². The fraction of sp³-hybridized carbons (Fsp3) is 0. The number of benzene rings is 4. The maximum absolute atomic E-state index is 5.15. The van der Waals surface area contributed by atoms with Crippen molar-refractivity contribution >= 4 is 54.5 Å². The lowest BCUT2D eigenvalue weighted by Gasteiger charge is -2.12. The number of hydrogen-bond donors (Lipinski definition) is 0. The average Bonchev–Trinajstić information content (AvgIpc) is 3.32. The van der Waals surface area contributed by atoms with E-state index in [0.717, 1.165) is 60.1 Å². The second kappa shape index (κ2) is 7.63. The zero-order chi connectivity index (χ0) is 24.3. The smallest absolute Gasteiger partial charge is 0.236 e. The number of para-hydroxylation sites is 1. The van der Waals surface area contributed by atoms with Gasteiger partial charge in [-0.3, -0.25) is 4.57 Å². The second-order valence-electron chi connectivity index (χ2n) is 9.03. The summed E-state index contributed by atoms with van der Waals surface area (Å²) < 4.78 is 2.03. The number of fused-ring (bicyclic) bond motifs is 9. The van der Waals surface area contributed by atoms with Crippen LogP contribution in [0.15, 0.2) is 110 Å². The van der Waals surface area contributed by atoms with Gasteiger partial charge in [-0.1, -0.05) is 72.8 Å². The highest BCUT2D eigenvalue weighted by atomic mass is 15.2. The topological polar surface area (TPSA) is 69.4 Å². The summed E-state index contributed by atoms with van der Waals surface area (Å²) in [5.74, 6) is 1.23. The fourth-order valence-electron chi connectivity index (χ4n) is 5.29. The van der Waals surface area contributed by atoms with Crippen LogP contribution in [0.25, 0.3) is 71.9 Å². The van der Waals surface area contributed by atoms with E-state index in [0.29, 0.717) is 11.8 Å². The molecular weight excluding hydrogens is 456 g/mol. The van der Waals surface area contributed by atoms with E-state index in [2.05, 4.69) is 30.3 Å². The SMILES string of the molecule is c1ccc(-c2ncc3c4ccccc4c4cnc(-n5c6ccccc6c6cccnc65)nc4c3n2)cc1. The Balaban J connectivity index is 1.51. The Hall–Kier alpha value is -5.23. The van der Waals surface area contributed by atoms with Gasteiger partial charge < -0.3 is 0 Å². The van der Waals surface area contributed by atoms with Crippen LogP contribution in [0, 0.1) is 0 Å². The Kier molecular flexibility index (Phi) is 4.13. The molecular formula is C31H18N6. The Morgan fingerprint density at radius 2 is 1.14 bits per heavy atom. The minimum absolute atomic E-state index is 0.564. The van der Waals surface area contributed by atoms with Crippen molar-refractivity contribution in [3.05, 3.63) is 110 Å². The van der Waals surface area contributed by atoms with E-state index in [-0.39, 0.29) is 0 Å². The number of nitrogens with zero attached hydrogens (tertiary/aromatic N) is 6. The molecule has 0 amide bonds. The molecule has 0 saturated heterocycles. The van der Waals surface area contributed by atoms with Gasteiger partial charge in [0, 0.05) is 45.7 Å². The molecule has 0 radical (unpaired) electrons. The monoisotopic (exact) mass is 474 g/mol. The molecule has 37 heavy (non-hydrogen) atoms. The molecule has 0 unspecified atom stereocenters. The minimum atomic E-state index is 0.564. The summed E-state index contributed by atoms with van der Waals surface area (Å²) in [6.45, 7) is 0. The standard InChI is InChI=1S/C31H18N6/c1-2-9-19(10-3-1)29-33-17-24-20-11-4-5-12-21(20)25-18-34-31(36-28(25)27(24)35-29)37-26-15-7-6-13-22(26)23-14-8-16-32-30(23)37/h1-18H. The molecule has 8 aromatic rings. The van der Waals surface area contributed by atoms with Crippen molar-refractivity contribution in [3.8, 4) is 17.3 Å². The molecule has 0 aliphatic carbocycles. The first-order chi connectivity index (χ1) is 18.4. The summed E-state index contributed by atoms with van der Waals surface area (Å²) in [4.78, 5) is 24.5. The van der Waals surface area contributed by atoms with Gasteiger partial charge in [-0.05, 0) is 29.0 Å². The van der Waals surface area contributed by atoms with Gasteiger partial charge >= 0.3 is 0 Å². The van der Waals surface area contributed by atoms with E-state index in [1.54, 1.807) is 6.20 Å². The van der Waals surface area contributed by atoms with Crippen LogP contribution in [0.5, 0.6) is 0 Å². The van der Waals surface area contributed by atoms with Crippen LogP contribution < -0.4 is 0 Å². The highest BCUT2D eigenvalue weighted by molar-refractivity contribution is 6.23. The lowest BCUT2D eigenvalue weighted by atomic mass is 10.0. The largest absolute Gasteiger partial charge is 0.262 e. The summed E-state index contributed by atoms with van der Waals surface area (Å²) in [6.07, 6.45) is 5.63. The molecule has 6 nitrogen and oxygen atoms in total. The van der Waals surface area contributed by atoms with Gasteiger partial charge in [0.2, 0.25) is 5.95 Å². The van der Waals surface area contributed by atoms with Crippen molar-refractivity contribution in [2.45, 2.75) is 0 Å². The van der Waals surface area contributed by atoms with Crippen LogP contribution in [-0.2, 0) is 0 Å². The van der Waals surface area contributed by atoms with Gasteiger partial charge in [-0.2, -0.15) is 0 Å². The van der Waals surface area contributed by atoms with Crippen LogP contribution in [0.2, 0.25) is 0 Å². The van der Waals surface area contributed by atoms with E-state index in [1.165, 1.54) is 0 Å². The van der Waals surface area contributed by atoms with E-state index < -0.39 is 0 Å². The number of hydrogen-bond acceptors (Lipinski definition) is 5. The van der Waals surface area contributed by atoms with Crippen LogP contribution in [0.4, 0.5) is 0 Å². The first-order valence-electron chi connectivity index (χ1n) is 12.1. The van der Waals surface area contributed by atoms with E-state index >= 15 is 0 Å². The molecule has 4 heterocycles. The Bertz CT molecular complexity index is 2090. The molecule has 0 bridgehead atoms. The number of aromatic nitrogens is 6. The van der Waals surface area contributed by atoms with Gasteiger partial charge in [0.25, 0.3) is 0 Å². The quantitative estimate of drug-likeness (QED) is 0.255. The van der Waals surface area contributed by atoms with Crippen molar-refractivity contribution in [2.24, 2.45) is 0 Å². The maximum atomic E-state index is 5.15. The molecule has 0 N–H and O–H groups in total. The summed E-state index contributed by atoms with van der Waals surface area (Å²) in [6, 6.07) is 30.6. The lowest BCUT2D eigenvalue weighted by Crippen LogP contribution is -2.03. The third kappa shape index (κ3) is 2.90. The molecule has 0 fully saturated rings. The Labute approximate surface area is 210 Å². The van der Waals surface area contributed by atoms with Gasteiger partial charge in [-0.15, -0.1) is 0 Å². The minimum Gasteiger partial charge on any atom is -0.262 e. The first-order valence-corrected chi connectivity index (χ1v) is 12.1. The van der Waals surface area contributed by atoms with Gasteiger partial charge in [-0.25, -0.2) is 24.9 Å². The summed E-state index contributed by atoms with van der Waals surface area (Å²) in [7, 11) is 0. The second-order valence-corrected chi connectivity index (χ2v) is 9.03. The van der Waals surface area contributed by atoms with Gasteiger partial charge in [0.05, 0.1) is 5.52 Å². The van der Waals surface area contributed by atoms with Crippen molar-refractivity contribution in [1.82, 2.24) is 29.5 Å². The molecule has 172 valence electrons. The van der Waals surface area contributed by atoms with E-state index in [1.807, 2.05) is 77.6 Å². The van der Waals surface area contributed by atoms with Crippen LogP contribution in [-0.4, -0.2) is 29.5 Å². The average molecular weight is 475 g/mol. The molecule has 0 aliphatic rings. The molecule has 0 atom stereocenters. The molecule has 0 spiro atoms. The zero-order valence-electron chi connectivity index (χ0n) is 19.6. The third-order valence-corrected chi connectivity index (χ3v) is 6.96. The Morgan fingerprint density at radius 1 is 0.486 bits per heavy atom. The molecule has 0 saturated carbocycles. The predicted molar refractivity (Wildman–Crippen MR) is 148 cm³/mol. The molecule has 8 rings (SSSR count). The van der Waals surface area contributed by atoms with Crippen LogP contribution in [0.1, 0.15) is 0 Å². The highest BCUT2D eigenvalue weighted by Gasteiger charge is 2.18. The molecule has 4 aromatic carbocycles. The first kappa shape index (κ1) is 20.0. The maximum Gasteiger partial charge on any atom is 0.236 e. The third-order valence-electron chi connectivity index (χ3n) is 6.96. The Morgan fingerprint density at radius 3 is 1.95 bits per heavy atom. The number of rotatable bonds is 2. The fourth-order valence-corrected chi connectivity index (χ4v) is 5.29. The van der Waals surface area contributed by atoms with E-state index in [9.17, 15) is 0 Å². The normalized spacial score (nSPS) is 11.8. The highest BCUT2D eigenvalue weighted by Crippen LogP contribution is 2.35. The number of pyridine rings is 1. The van der Waals surface area contributed by atoms with Crippen molar-refractivity contribution in [2.75, 3.05) is 0 Å². The summed E-state index contributed by atoms with van der Waals surface area (Å²) in [5, 5.41) is 6.27. The molecule has 4 aromatic heterocycles. The molecule has 6 heteroatoms. The van der Waals surface area contributed by atoms with Crippen molar-refractivity contribution in [3.63, 3.8) is 0 Å². The summed E-state index contributed by atoms with van der Waals surface area (Å²) >= 11 is 0. The van der Waals surface area contributed by atoms with Gasteiger partial charge in [0.15, 0.2) is 5.82 Å². The van der Waals surface area contributed by atoms with Crippen molar-refractivity contribution < 1.29 is 0 Å². The van der Waals surface area contributed by atoms with Crippen molar-refractivity contribution in [1.29, 1.82) is 0 Å². The zero-order valence-corrected chi connectivity index (χ0v) is 19.6. The summed E-state index contributed by atoms with van der Waals surface area (Å²) in [5.41, 5.74) is 4.40.